The Balaban J connectivity index is -0.000000107. The van der Waals surface area contributed by atoms with Crippen molar-refractivity contribution in [1.82, 2.24) is 0 Å². The van der Waals surface area contributed by atoms with Crippen molar-refractivity contribution in [3.63, 3.8) is 0 Å². The van der Waals surface area contributed by atoms with Crippen LogP contribution in [0.3, 0.4) is 0 Å². The molecule has 73 valence electrons. The maximum absolute atomic E-state index is 9.69. The Kier molecular flexibility index (Phi) is 17.2. The van der Waals surface area contributed by atoms with Gasteiger partial charge in [0.15, 0.2) is 0 Å². The van der Waals surface area contributed by atoms with E-state index in [1.54, 1.807) is 0 Å². The molecule has 7 radical (unpaired) electrons. The second kappa shape index (κ2) is 8.66. The van der Waals surface area contributed by atoms with Gasteiger partial charge in [0.1, 0.15) is 0 Å². The van der Waals surface area contributed by atoms with E-state index >= 15 is 0 Å². The first-order chi connectivity index (χ1) is 3.71. The number of hydrogen-bond acceptors (Lipinski definition) is 4. The molecule has 0 saturated heterocycles. The quantitative estimate of drug-likeness (QED) is 0.329. The third kappa shape index (κ3) is 22.8. The van der Waals surface area contributed by atoms with Gasteiger partial charge in [0.2, 0.25) is 0 Å². The second-order valence-corrected chi connectivity index (χ2v) is 11.1. The fourth-order valence-electron chi connectivity index (χ4n) is 0.109. The molecular weight excluding hydrogens is 487 g/mol. The molecule has 0 heterocycles. The van der Waals surface area contributed by atoms with Gasteiger partial charge in [0.25, 0.3) is 0 Å². The van der Waals surface area contributed by atoms with Crippen molar-refractivity contribution in [2.45, 2.75) is 0 Å². The average Bonchev–Trinajstić information content (AvgIpc) is 1.14. The van der Waals surface area contributed by atoms with E-state index in [1.807, 2.05) is 0 Å². The molecule has 0 aliphatic rings. The topological polar surface area (TPSA) is 109 Å². The summed E-state index contributed by atoms with van der Waals surface area (Å²) in [6.45, 7) is 0. The summed E-state index contributed by atoms with van der Waals surface area (Å²) in [5.41, 5.74) is 0. The van der Waals surface area contributed by atoms with Crippen LogP contribution in [-0.4, -0.2) is 84.3 Å². The van der Waals surface area contributed by atoms with E-state index in [0.717, 1.165) is 0 Å². The summed E-state index contributed by atoms with van der Waals surface area (Å²) >= 11 is -2.19. The fraction of sp³-hybridized carbons (Fsp3) is 0. The SMILES string of the molecule is O=S(=O)(O)[Se]S(=O)(=O)O.[Cu].[Ga].[In]. The van der Waals surface area contributed by atoms with Gasteiger partial charge in [-0.2, -0.15) is 0 Å². The number of hydrogen-bond donors (Lipinski definition) is 2. The molecule has 0 fully saturated rings. The van der Waals surface area contributed by atoms with Gasteiger partial charge in [-0.15, -0.1) is 0 Å². The second-order valence-electron chi connectivity index (χ2n) is 0.924. The molecule has 12 heteroatoms. The zero-order valence-electron chi connectivity index (χ0n) is 5.21. The largest absolute Gasteiger partial charge is 0 e. The maximum atomic E-state index is 9.69. The van der Waals surface area contributed by atoms with E-state index in [4.69, 9.17) is 9.11 Å². The van der Waals surface area contributed by atoms with Crippen LogP contribution in [0.2, 0.25) is 0 Å². The molecule has 6 nitrogen and oxygen atoms in total. The summed E-state index contributed by atoms with van der Waals surface area (Å²) < 4.78 is 54.4. The third-order valence-corrected chi connectivity index (χ3v) is 8.04. The van der Waals surface area contributed by atoms with Crippen LogP contribution in [0, 0.1) is 0 Å². The van der Waals surface area contributed by atoms with Gasteiger partial charge in [-0.1, -0.05) is 0 Å². The maximum Gasteiger partial charge on any atom is 0 e. The molecule has 0 unspecified atom stereocenters. The molecule has 0 saturated carbocycles. The summed E-state index contributed by atoms with van der Waals surface area (Å²) in [5.74, 6) is 0. The van der Waals surface area contributed by atoms with Crippen LogP contribution in [0.25, 0.3) is 0 Å². The summed E-state index contributed by atoms with van der Waals surface area (Å²) in [6.07, 6.45) is 0. The summed E-state index contributed by atoms with van der Waals surface area (Å²) in [7, 11) is -9.11. The van der Waals surface area contributed by atoms with Gasteiger partial charge in [0, 0.05) is 62.7 Å². The zero-order chi connectivity index (χ0) is 7.71. The van der Waals surface area contributed by atoms with Gasteiger partial charge in [-0.3, -0.25) is 0 Å². The molecular formula is H2CuGaInO6S2Se. The molecule has 0 aromatic rings. The Labute approximate surface area is 117 Å². The first-order valence-electron chi connectivity index (χ1n) is 1.37. The Morgan fingerprint density at radius 1 is 0.917 bits per heavy atom. The van der Waals surface area contributed by atoms with Crippen molar-refractivity contribution in [2.24, 2.45) is 0 Å². The molecule has 2 N–H and O–H groups in total. The Bertz CT molecular complexity index is 251. The van der Waals surface area contributed by atoms with Crippen molar-refractivity contribution in [3.8, 4) is 0 Å². The molecule has 0 aliphatic carbocycles. The van der Waals surface area contributed by atoms with Crippen LogP contribution in [0.4, 0.5) is 0 Å². The van der Waals surface area contributed by atoms with Crippen LogP contribution < -0.4 is 0 Å². The van der Waals surface area contributed by atoms with Crippen molar-refractivity contribution in [2.75, 3.05) is 0 Å². The Morgan fingerprint density at radius 2 is 1.08 bits per heavy atom. The van der Waals surface area contributed by atoms with E-state index in [1.165, 1.54) is 0 Å². The van der Waals surface area contributed by atoms with Gasteiger partial charge >= 0.3 is 55.7 Å². The Hall–Kier alpha value is 2.37. The van der Waals surface area contributed by atoms with Gasteiger partial charge in [-0.05, 0) is 0 Å². The first kappa shape index (κ1) is 23.9. The predicted molar refractivity (Wildman–Crippen MR) is 40.4 cm³/mol. The monoisotopic (exact) mass is 489 g/mol. The van der Waals surface area contributed by atoms with Crippen molar-refractivity contribution >= 4 is 75.4 Å². The van der Waals surface area contributed by atoms with Crippen molar-refractivity contribution in [3.05, 3.63) is 0 Å². The van der Waals surface area contributed by atoms with E-state index in [9.17, 15) is 16.8 Å². The molecule has 0 aromatic heterocycles. The van der Waals surface area contributed by atoms with E-state index < -0.39 is 29.8 Å². The minimum Gasteiger partial charge on any atom is 0 e. The third-order valence-electron chi connectivity index (χ3n) is 0.172. The van der Waals surface area contributed by atoms with E-state index in [2.05, 4.69) is 0 Å². The molecule has 0 bridgehead atoms. The average molecular weight is 489 g/mol. The van der Waals surface area contributed by atoms with Crippen LogP contribution in [0.5, 0.6) is 0 Å². The normalized spacial score (nSPS) is 10.2. The fourth-order valence-corrected chi connectivity index (χ4v) is 5.08. The van der Waals surface area contributed by atoms with Gasteiger partial charge in [0.05, 0.1) is 0 Å². The van der Waals surface area contributed by atoms with Crippen molar-refractivity contribution in [1.29, 1.82) is 0 Å². The minimum absolute atomic E-state index is 0. The van der Waals surface area contributed by atoms with E-state index in [0.29, 0.717) is 0 Å². The molecule has 12 heavy (non-hydrogen) atoms. The Morgan fingerprint density at radius 3 is 1.08 bits per heavy atom. The summed E-state index contributed by atoms with van der Waals surface area (Å²) in [4.78, 5) is 0. The summed E-state index contributed by atoms with van der Waals surface area (Å²) in [6, 6.07) is 0. The van der Waals surface area contributed by atoms with Gasteiger partial charge in [-0.25, -0.2) is 0 Å². The molecule has 0 spiro atoms. The van der Waals surface area contributed by atoms with Crippen LogP contribution >= 0.6 is 0 Å². The van der Waals surface area contributed by atoms with Crippen LogP contribution in [0.1, 0.15) is 0 Å². The van der Waals surface area contributed by atoms with Crippen LogP contribution in [0.15, 0.2) is 0 Å². The smallest absolute Gasteiger partial charge is 0 e. The van der Waals surface area contributed by atoms with E-state index in [-0.39, 0.29) is 62.7 Å². The van der Waals surface area contributed by atoms with Crippen LogP contribution in [-0.2, 0) is 34.1 Å². The molecule has 0 aliphatic heterocycles. The first-order valence-corrected chi connectivity index (χ1v) is 8.29. The standard InChI is InChI=1S/Cu.Ga.In.H2O6S2Se/c;;;1-7(2,3)9-8(4,5)6/h;;;(H,1,2,3)(H,4,5,6). The summed E-state index contributed by atoms with van der Waals surface area (Å²) in [5, 5.41) is 0. The zero-order valence-corrected chi connectivity index (χ0v) is 15.2. The number of rotatable bonds is 2. The molecule has 0 amide bonds. The van der Waals surface area contributed by atoms with Gasteiger partial charge < -0.3 is 0 Å². The molecule has 0 atom stereocenters. The van der Waals surface area contributed by atoms with Crippen molar-refractivity contribution < 1.29 is 43.0 Å². The molecule has 0 rings (SSSR count). The minimum atomic E-state index is -4.56. The predicted octanol–water partition coefficient (Wildman–Crippen LogP) is -2.47. The molecule has 0 aromatic carbocycles.